The highest BCUT2D eigenvalue weighted by atomic mass is 35.5. The molecule has 3 aromatic rings. The van der Waals surface area contributed by atoms with E-state index in [-0.39, 0.29) is 17.2 Å². The Kier molecular flexibility index (Phi) is 4.67. The van der Waals surface area contributed by atoms with Crippen LogP contribution in [0.2, 0.25) is 5.02 Å². The molecule has 0 unspecified atom stereocenters. The molecule has 28 heavy (non-hydrogen) atoms. The molecule has 0 saturated heterocycles. The monoisotopic (exact) mass is 395 g/mol. The third-order valence-corrected chi connectivity index (χ3v) is 5.45. The lowest BCUT2D eigenvalue weighted by atomic mass is 9.89. The maximum absolute atomic E-state index is 12.6. The van der Waals surface area contributed by atoms with Crippen molar-refractivity contribution >= 4 is 23.3 Å². The number of fused-ring (bicyclic) bond motifs is 1. The van der Waals surface area contributed by atoms with Gasteiger partial charge in [-0.25, -0.2) is 4.98 Å². The summed E-state index contributed by atoms with van der Waals surface area (Å²) in [6.07, 6.45) is 7.73. The van der Waals surface area contributed by atoms with Gasteiger partial charge in [0.05, 0.1) is 17.1 Å². The van der Waals surface area contributed by atoms with E-state index in [1.54, 1.807) is 18.6 Å². The molecule has 144 valence electrons. The van der Waals surface area contributed by atoms with Crippen LogP contribution in [0.4, 0.5) is 5.82 Å². The van der Waals surface area contributed by atoms with Gasteiger partial charge in [-0.2, -0.15) is 5.10 Å². The summed E-state index contributed by atoms with van der Waals surface area (Å²) in [6, 6.07) is 5.52. The fourth-order valence-electron chi connectivity index (χ4n) is 3.60. The van der Waals surface area contributed by atoms with Crippen molar-refractivity contribution in [2.75, 3.05) is 5.32 Å². The maximum Gasteiger partial charge on any atom is 0.232 e. The van der Waals surface area contributed by atoms with Crippen molar-refractivity contribution in [3.63, 3.8) is 0 Å². The van der Waals surface area contributed by atoms with Crippen molar-refractivity contribution in [1.29, 1.82) is 0 Å². The molecule has 4 heterocycles. The Morgan fingerprint density at radius 2 is 2.11 bits per heavy atom. The molecule has 0 aromatic carbocycles. The number of anilines is 1. The van der Waals surface area contributed by atoms with Crippen LogP contribution in [0.3, 0.4) is 0 Å². The van der Waals surface area contributed by atoms with Crippen molar-refractivity contribution in [2.24, 2.45) is 5.41 Å². The molecule has 0 radical (unpaired) electrons. The van der Waals surface area contributed by atoms with Crippen LogP contribution in [0.1, 0.15) is 37.9 Å². The van der Waals surface area contributed by atoms with Gasteiger partial charge in [0.25, 0.3) is 0 Å². The van der Waals surface area contributed by atoms with Gasteiger partial charge < -0.3 is 5.32 Å². The molecule has 1 aliphatic rings. The standard InChI is InChI=1S/C21H22ClN5O/c1-13(14-5-4-6-23-9-14)20(28)26-19-7-15(17(22)11-24-19)16-10-25-27-12-21(2,3)8-18(16)27/h4-7,9-11,13H,8,12H2,1-3H3,(H,24,26,28)/t13-/m0/s1. The minimum absolute atomic E-state index is 0.143. The normalized spacial score (nSPS) is 15.9. The molecule has 6 nitrogen and oxygen atoms in total. The molecular formula is C21H22ClN5O. The fourth-order valence-corrected chi connectivity index (χ4v) is 3.81. The molecule has 1 amide bonds. The van der Waals surface area contributed by atoms with E-state index in [9.17, 15) is 4.79 Å². The van der Waals surface area contributed by atoms with Gasteiger partial charge in [0.2, 0.25) is 5.91 Å². The van der Waals surface area contributed by atoms with Crippen molar-refractivity contribution in [3.8, 4) is 11.1 Å². The van der Waals surface area contributed by atoms with E-state index in [1.165, 1.54) is 5.69 Å². The third-order valence-electron chi connectivity index (χ3n) is 5.15. The lowest BCUT2D eigenvalue weighted by Gasteiger charge is -2.15. The summed E-state index contributed by atoms with van der Waals surface area (Å²) >= 11 is 6.43. The van der Waals surface area contributed by atoms with Gasteiger partial charge in [-0.15, -0.1) is 0 Å². The molecule has 0 fully saturated rings. The van der Waals surface area contributed by atoms with E-state index >= 15 is 0 Å². The number of carbonyl (C=O) groups excluding carboxylic acids is 1. The molecule has 4 rings (SSSR count). The number of nitrogens with zero attached hydrogens (tertiary/aromatic N) is 4. The van der Waals surface area contributed by atoms with Gasteiger partial charge in [-0.05, 0) is 36.5 Å². The van der Waals surface area contributed by atoms with Crippen LogP contribution < -0.4 is 5.32 Å². The Hall–Kier alpha value is -2.73. The highest BCUT2D eigenvalue weighted by molar-refractivity contribution is 6.33. The minimum Gasteiger partial charge on any atom is -0.310 e. The molecule has 7 heteroatoms. The summed E-state index contributed by atoms with van der Waals surface area (Å²) in [4.78, 5) is 21.0. The summed E-state index contributed by atoms with van der Waals surface area (Å²) in [6.45, 7) is 7.18. The van der Waals surface area contributed by atoms with E-state index in [2.05, 4.69) is 34.2 Å². The number of nitrogens with one attached hydrogen (secondary N) is 1. The lowest BCUT2D eigenvalue weighted by molar-refractivity contribution is -0.117. The van der Waals surface area contributed by atoms with Crippen molar-refractivity contribution in [2.45, 2.75) is 39.7 Å². The van der Waals surface area contributed by atoms with Crippen LogP contribution in [-0.4, -0.2) is 25.7 Å². The summed E-state index contributed by atoms with van der Waals surface area (Å²) in [5.74, 6) is -0.0108. The van der Waals surface area contributed by atoms with Crippen LogP contribution in [-0.2, 0) is 17.8 Å². The minimum atomic E-state index is -0.337. The second-order valence-corrected chi connectivity index (χ2v) is 8.46. The molecule has 1 aliphatic heterocycles. The van der Waals surface area contributed by atoms with Crippen molar-refractivity contribution < 1.29 is 4.79 Å². The first-order valence-corrected chi connectivity index (χ1v) is 9.63. The van der Waals surface area contributed by atoms with E-state index < -0.39 is 0 Å². The Morgan fingerprint density at radius 3 is 2.86 bits per heavy atom. The highest BCUT2D eigenvalue weighted by Crippen LogP contribution is 2.39. The van der Waals surface area contributed by atoms with E-state index in [1.807, 2.05) is 36.0 Å². The zero-order chi connectivity index (χ0) is 19.9. The van der Waals surface area contributed by atoms with Crippen LogP contribution in [0.5, 0.6) is 0 Å². The van der Waals surface area contributed by atoms with Crippen molar-refractivity contribution in [3.05, 3.63) is 59.3 Å². The molecule has 0 aliphatic carbocycles. The predicted molar refractivity (Wildman–Crippen MR) is 109 cm³/mol. The molecule has 1 atom stereocenters. The topological polar surface area (TPSA) is 72.7 Å². The summed E-state index contributed by atoms with van der Waals surface area (Å²) < 4.78 is 2.04. The molecule has 0 bridgehead atoms. The first-order valence-electron chi connectivity index (χ1n) is 9.25. The molecular weight excluding hydrogens is 374 g/mol. The second kappa shape index (κ2) is 7.02. The molecule has 0 spiro atoms. The Bertz CT molecular complexity index is 1030. The Labute approximate surface area is 169 Å². The number of carbonyl (C=O) groups is 1. The largest absolute Gasteiger partial charge is 0.310 e. The van der Waals surface area contributed by atoms with Gasteiger partial charge in [0.15, 0.2) is 0 Å². The molecule has 1 N–H and O–H groups in total. The Morgan fingerprint density at radius 1 is 1.29 bits per heavy atom. The van der Waals surface area contributed by atoms with Crippen LogP contribution in [0, 0.1) is 5.41 Å². The first kappa shape index (κ1) is 18.6. The summed E-state index contributed by atoms with van der Waals surface area (Å²) in [5, 5.41) is 7.94. The number of amides is 1. The quantitative estimate of drug-likeness (QED) is 0.714. The number of pyridine rings is 2. The van der Waals surface area contributed by atoms with E-state index in [4.69, 9.17) is 11.6 Å². The molecule has 0 saturated carbocycles. The van der Waals surface area contributed by atoms with Gasteiger partial charge >= 0.3 is 0 Å². The number of hydrogen-bond donors (Lipinski definition) is 1. The SMILES string of the molecule is C[C@H](C(=O)Nc1cc(-c2cnn3c2CC(C)(C)C3)c(Cl)cn1)c1cccnc1. The van der Waals surface area contributed by atoms with E-state index in [0.717, 1.165) is 29.7 Å². The maximum atomic E-state index is 12.6. The third kappa shape index (κ3) is 3.52. The highest BCUT2D eigenvalue weighted by Gasteiger charge is 2.32. The van der Waals surface area contributed by atoms with Crippen LogP contribution in [0.15, 0.2) is 43.0 Å². The first-order chi connectivity index (χ1) is 13.3. The number of hydrogen-bond acceptors (Lipinski definition) is 4. The smallest absolute Gasteiger partial charge is 0.232 e. The zero-order valence-corrected chi connectivity index (χ0v) is 16.9. The summed E-state index contributed by atoms with van der Waals surface area (Å²) in [7, 11) is 0. The van der Waals surface area contributed by atoms with E-state index in [0.29, 0.717) is 10.8 Å². The fraction of sp³-hybridized carbons (Fsp3) is 0.333. The average Bonchev–Trinajstić information content (AvgIpc) is 3.18. The number of aromatic nitrogens is 4. The van der Waals surface area contributed by atoms with Crippen LogP contribution in [0.25, 0.3) is 11.1 Å². The predicted octanol–water partition coefficient (Wildman–Crippen LogP) is 4.32. The zero-order valence-electron chi connectivity index (χ0n) is 16.1. The number of halogens is 1. The lowest BCUT2D eigenvalue weighted by Crippen LogP contribution is -2.19. The van der Waals surface area contributed by atoms with Crippen LogP contribution >= 0.6 is 11.6 Å². The van der Waals surface area contributed by atoms with Gasteiger partial charge in [-0.3, -0.25) is 14.5 Å². The molecule has 3 aromatic heterocycles. The Balaban J connectivity index is 1.60. The van der Waals surface area contributed by atoms with Gasteiger partial charge in [-0.1, -0.05) is 31.5 Å². The summed E-state index contributed by atoms with van der Waals surface area (Å²) in [5.41, 5.74) is 4.02. The van der Waals surface area contributed by atoms with Crippen molar-refractivity contribution in [1.82, 2.24) is 19.7 Å². The number of rotatable bonds is 4. The van der Waals surface area contributed by atoms with Gasteiger partial charge in [0, 0.05) is 42.0 Å². The average molecular weight is 396 g/mol. The van der Waals surface area contributed by atoms with Gasteiger partial charge in [0.1, 0.15) is 5.82 Å². The second-order valence-electron chi connectivity index (χ2n) is 8.05.